The molecule has 0 atom stereocenters. The summed E-state index contributed by atoms with van der Waals surface area (Å²) in [5.74, 6) is -1.70. The first-order valence-electron chi connectivity index (χ1n) is 10.6. The second-order valence-electron chi connectivity index (χ2n) is 7.87. The number of benzene rings is 2. The van der Waals surface area contributed by atoms with E-state index in [0.29, 0.717) is 11.3 Å². The van der Waals surface area contributed by atoms with E-state index in [0.717, 1.165) is 12.4 Å². The standard InChI is InChI=1S/C22H20ClN7O7/c1-12(2)10-37-22(32)13-3-6-15(7-4-13)26-19-18(30(35)36)20(25-11-24-19)27-28-21(31)14-5-8-16(23)17(9-14)29(33)34/h3-9,11-12H,10H2,1-2H3,(H,28,31)(H2,24,25,26,27). The highest BCUT2D eigenvalue weighted by Gasteiger charge is 2.24. The van der Waals surface area contributed by atoms with Gasteiger partial charge in [-0.15, -0.1) is 0 Å². The number of hydrazine groups is 1. The van der Waals surface area contributed by atoms with Crippen LogP contribution in [0.3, 0.4) is 0 Å². The molecule has 3 rings (SSSR count). The molecule has 3 aromatic rings. The average Bonchev–Trinajstić information content (AvgIpc) is 2.86. The number of nitrogens with zero attached hydrogens (tertiary/aromatic N) is 4. The lowest BCUT2D eigenvalue weighted by molar-refractivity contribution is -0.384. The highest BCUT2D eigenvalue weighted by molar-refractivity contribution is 6.32. The number of anilines is 3. The Labute approximate surface area is 214 Å². The first kappa shape index (κ1) is 26.7. The van der Waals surface area contributed by atoms with E-state index in [9.17, 15) is 29.8 Å². The number of nitrogens with one attached hydrogen (secondary N) is 3. The Bertz CT molecular complexity index is 1350. The molecule has 0 unspecified atom stereocenters. The highest BCUT2D eigenvalue weighted by Crippen LogP contribution is 2.31. The molecule has 1 aromatic heterocycles. The van der Waals surface area contributed by atoms with Crippen LogP contribution in [0.1, 0.15) is 34.6 Å². The largest absolute Gasteiger partial charge is 0.462 e. The number of carbonyl (C=O) groups is 2. The molecule has 1 heterocycles. The maximum Gasteiger partial charge on any atom is 0.355 e. The van der Waals surface area contributed by atoms with Crippen molar-refractivity contribution in [2.45, 2.75) is 13.8 Å². The van der Waals surface area contributed by atoms with Crippen molar-refractivity contribution in [3.63, 3.8) is 0 Å². The van der Waals surface area contributed by atoms with Gasteiger partial charge >= 0.3 is 11.7 Å². The fourth-order valence-electron chi connectivity index (χ4n) is 2.87. The van der Waals surface area contributed by atoms with E-state index in [1.165, 1.54) is 36.4 Å². The third-order valence-corrected chi connectivity index (χ3v) is 4.96. The molecule has 3 N–H and O–H groups in total. The van der Waals surface area contributed by atoms with Gasteiger partial charge in [0.2, 0.25) is 11.6 Å². The van der Waals surface area contributed by atoms with Gasteiger partial charge in [-0.1, -0.05) is 25.4 Å². The van der Waals surface area contributed by atoms with Crippen molar-refractivity contribution in [3.05, 3.63) is 85.2 Å². The van der Waals surface area contributed by atoms with E-state index in [1.807, 2.05) is 13.8 Å². The third-order valence-electron chi connectivity index (χ3n) is 4.64. The van der Waals surface area contributed by atoms with Crippen molar-refractivity contribution < 1.29 is 24.2 Å². The fraction of sp³-hybridized carbons (Fsp3) is 0.182. The number of hydrogen-bond donors (Lipinski definition) is 3. The Morgan fingerprint density at radius 3 is 2.27 bits per heavy atom. The van der Waals surface area contributed by atoms with Crippen LogP contribution in [-0.4, -0.2) is 38.3 Å². The van der Waals surface area contributed by atoms with E-state index in [-0.39, 0.29) is 34.7 Å². The smallest absolute Gasteiger partial charge is 0.355 e. The molecule has 0 spiro atoms. The van der Waals surface area contributed by atoms with Crippen molar-refractivity contribution in [1.29, 1.82) is 0 Å². The van der Waals surface area contributed by atoms with E-state index < -0.39 is 33.1 Å². The first-order valence-corrected chi connectivity index (χ1v) is 11.0. The third kappa shape index (κ3) is 6.85. The number of nitro groups is 2. The summed E-state index contributed by atoms with van der Waals surface area (Å²) < 4.78 is 5.16. The molecular weight excluding hydrogens is 510 g/mol. The second-order valence-corrected chi connectivity index (χ2v) is 8.28. The minimum absolute atomic E-state index is 0.120. The van der Waals surface area contributed by atoms with E-state index >= 15 is 0 Å². The number of amides is 1. The zero-order valence-electron chi connectivity index (χ0n) is 19.4. The van der Waals surface area contributed by atoms with Crippen LogP contribution in [0.4, 0.5) is 28.7 Å². The molecular formula is C22H20ClN7O7. The van der Waals surface area contributed by atoms with Crippen LogP contribution >= 0.6 is 11.6 Å². The molecule has 15 heteroatoms. The van der Waals surface area contributed by atoms with Gasteiger partial charge in [-0.25, -0.2) is 14.8 Å². The number of aromatic nitrogens is 2. The zero-order chi connectivity index (χ0) is 27.1. The normalized spacial score (nSPS) is 10.5. The first-order chi connectivity index (χ1) is 17.6. The molecule has 1 amide bonds. The highest BCUT2D eigenvalue weighted by atomic mass is 35.5. The maximum absolute atomic E-state index is 12.4. The van der Waals surface area contributed by atoms with Crippen molar-refractivity contribution in [3.8, 4) is 0 Å². The van der Waals surface area contributed by atoms with E-state index in [2.05, 4.69) is 26.1 Å². The summed E-state index contributed by atoms with van der Waals surface area (Å²) in [6.07, 6.45) is 1.02. The van der Waals surface area contributed by atoms with Gasteiger partial charge in [-0.3, -0.25) is 35.9 Å². The number of nitro benzene ring substituents is 1. The van der Waals surface area contributed by atoms with Crippen LogP contribution in [-0.2, 0) is 4.74 Å². The summed E-state index contributed by atoms with van der Waals surface area (Å²) in [7, 11) is 0. The SMILES string of the molecule is CC(C)COC(=O)c1ccc(Nc2ncnc(NNC(=O)c3ccc(Cl)c([N+](=O)[O-])c3)c2[N+](=O)[O-])cc1. The minimum Gasteiger partial charge on any atom is -0.462 e. The summed E-state index contributed by atoms with van der Waals surface area (Å²) in [4.78, 5) is 53.5. The molecule has 0 fully saturated rings. The van der Waals surface area contributed by atoms with E-state index in [4.69, 9.17) is 16.3 Å². The number of esters is 1. The van der Waals surface area contributed by atoms with Gasteiger partial charge in [0.05, 0.1) is 22.0 Å². The molecule has 0 aliphatic heterocycles. The van der Waals surface area contributed by atoms with Crippen molar-refractivity contribution in [2.24, 2.45) is 5.92 Å². The lowest BCUT2D eigenvalue weighted by atomic mass is 10.2. The molecule has 37 heavy (non-hydrogen) atoms. The predicted molar refractivity (Wildman–Crippen MR) is 133 cm³/mol. The number of hydrogen-bond acceptors (Lipinski definition) is 11. The van der Waals surface area contributed by atoms with Gasteiger partial charge in [0.1, 0.15) is 11.3 Å². The molecule has 0 bridgehead atoms. The lowest BCUT2D eigenvalue weighted by Crippen LogP contribution is -2.30. The summed E-state index contributed by atoms with van der Waals surface area (Å²) in [5.41, 5.74) is 4.02. The lowest BCUT2D eigenvalue weighted by Gasteiger charge is -2.11. The van der Waals surface area contributed by atoms with Crippen molar-refractivity contribution >= 4 is 52.2 Å². The van der Waals surface area contributed by atoms with Gasteiger partial charge < -0.3 is 10.1 Å². The molecule has 192 valence electrons. The second kappa shape index (κ2) is 11.7. The predicted octanol–water partition coefficient (Wildman–Crippen LogP) is 4.26. The Morgan fingerprint density at radius 1 is 1.00 bits per heavy atom. The molecule has 0 saturated heterocycles. The Kier molecular flexibility index (Phi) is 8.47. The van der Waals surface area contributed by atoms with Gasteiger partial charge in [0, 0.05) is 17.3 Å². The van der Waals surface area contributed by atoms with Crippen LogP contribution < -0.4 is 16.2 Å². The molecule has 0 aliphatic rings. The van der Waals surface area contributed by atoms with E-state index in [1.54, 1.807) is 0 Å². The van der Waals surface area contributed by atoms with Gasteiger partial charge in [-0.05, 0) is 42.3 Å². The van der Waals surface area contributed by atoms with Crippen molar-refractivity contribution in [2.75, 3.05) is 17.3 Å². The quantitative estimate of drug-likeness (QED) is 0.193. The Balaban J connectivity index is 1.75. The maximum atomic E-state index is 12.4. The monoisotopic (exact) mass is 529 g/mol. The van der Waals surface area contributed by atoms with Gasteiger partial charge in [0.15, 0.2) is 0 Å². The Hall–Kier alpha value is -4.85. The van der Waals surface area contributed by atoms with Gasteiger partial charge in [-0.2, -0.15) is 0 Å². The molecule has 2 aromatic carbocycles. The fourth-order valence-corrected chi connectivity index (χ4v) is 3.06. The van der Waals surface area contributed by atoms with Crippen molar-refractivity contribution in [1.82, 2.24) is 15.4 Å². The summed E-state index contributed by atoms with van der Waals surface area (Å²) in [6.45, 7) is 4.09. The number of carbonyl (C=O) groups excluding carboxylic acids is 2. The average molecular weight is 530 g/mol. The Morgan fingerprint density at radius 2 is 1.65 bits per heavy atom. The molecule has 0 aliphatic carbocycles. The van der Waals surface area contributed by atoms with Crippen LogP contribution in [0.15, 0.2) is 48.8 Å². The molecule has 0 radical (unpaired) electrons. The van der Waals surface area contributed by atoms with Crippen LogP contribution in [0, 0.1) is 26.1 Å². The summed E-state index contributed by atoms with van der Waals surface area (Å²) in [6, 6.07) is 9.39. The number of ether oxygens (including phenoxy) is 1. The molecule has 0 saturated carbocycles. The van der Waals surface area contributed by atoms with Crippen LogP contribution in [0.25, 0.3) is 0 Å². The summed E-state index contributed by atoms with van der Waals surface area (Å²) in [5, 5.41) is 25.4. The van der Waals surface area contributed by atoms with Gasteiger partial charge in [0.25, 0.3) is 11.6 Å². The zero-order valence-corrected chi connectivity index (χ0v) is 20.2. The number of halogens is 1. The minimum atomic E-state index is -0.831. The molecule has 14 nitrogen and oxygen atoms in total. The topological polar surface area (TPSA) is 192 Å². The number of rotatable bonds is 10. The van der Waals surface area contributed by atoms with Crippen LogP contribution in [0.5, 0.6) is 0 Å². The summed E-state index contributed by atoms with van der Waals surface area (Å²) >= 11 is 5.75. The van der Waals surface area contributed by atoms with Crippen LogP contribution in [0.2, 0.25) is 5.02 Å².